The minimum atomic E-state index is 0.0896. The van der Waals surface area contributed by atoms with Crippen LogP contribution in [0.25, 0.3) is 0 Å². The number of carbonyl (C=O) groups excluding carboxylic acids is 1. The average Bonchev–Trinajstić information content (AvgIpc) is 3.15. The summed E-state index contributed by atoms with van der Waals surface area (Å²) >= 11 is 0. The number of methoxy groups -OCH3 is 1. The fourth-order valence-corrected chi connectivity index (χ4v) is 4.03. The Kier molecular flexibility index (Phi) is 6.05. The first-order valence-electron chi connectivity index (χ1n) is 9.57. The molecule has 1 N–H and O–H groups in total. The van der Waals surface area contributed by atoms with E-state index < -0.39 is 0 Å². The second kappa shape index (κ2) is 8.45. The zero-order valence-corrected chi connectivity index (χ0v) is 15.5. The molecule has 3 rings (SSSR count). The zero-order chi connectivity index (χ0) is 17.6. The number of hydrogen-bond acceptors (Lipinski definition) is 3. The number of rotatable bonds is 5. The Morgan fingerprint density at radius 2 is 2.08 bits per heavy atom. The summed E-state index contributed by atoms with van der Waals surface area (Å²) in [6.45, 7) is 2.78. The number of benzene rings is 1. The zero-order valence-electron chi connectivity index (χ0n) is 15.5. The van der Waals surface area contributed by atoms with Crippen molar-refractivity contribution in [2.24, 2.45) is 5.92 Å². The molecule has 1 aromatic rings. The summed E-state index contributed by atoms with van der Waals surface area (Å²) in [5.41, 5.74) is 1.20. The van der Waals surface area contributed by atoms with E-state index in [0.717, 1.165) is 44.6 Å². The lowest BCUT2D eigenvalue weighted by atomic mass is 9.95. The molecule has 1 saturated carbocycles. The van der Waals surface area contributed by atoms with Gasteiger partial charge in [-0.25, -0.2) is 4.79 Å². The third-order valence-corrected chi connectivity index (χ3v) is 5.69. The Morgan fingerprint density at radius 1 is 1.28 bits per heavy atom. The molecule has 0 spiro atoms. The van der Waals surface area contributed by atoms with Crippen LogP contribution in [0.15, 0.2) is 24.3 Å². The molecule has 1 saturated heterocycles. The first kappa shape index (κ1) is 17.9. The van der Waals surface area contributed by atoms with E-state index in [1.807, 2.05) is 24.1 Å². The van der Waals surface area contributed by atoms with Gasteiger partial charge in [-0.15, -0.1) is 0 Å². The van der Waals surface area contributed by atoms with Crippen molar-refractivity contribution in [2.45, 2.75) is 44.6 Å². The van der Waals surface area contributed by atoms with Crippen molar-refractivity contribution >= 4 is 11.7 Å². The normalized spacial score (nSPS) is 21.2. The summed E-state index contributed by atoms with van der Waals surface area (Å²) < 4.78 is 5.31. The van der Waals surface area contributed by atoms with Gasteiger partial charge in [0.25, 0.3) is 0 Å². The maximum absolute atomic E-state index is 12.4. The number of urea groups is 1. The highest BCUT2D eigenvalue weighted by Crippen LogP contribution is 2.27. The van der Waals surface area contributed by atoms with Gasteiger partial charge in [-0.1, -0.05) is 25.3 Å². The van der Waals surface area contributed by atoms with E-state index in [4.69, 9.17) is 4.74 Å². The molecule has 2 fully saturated rings. The minimum Gasteiger partial charge on any atom is -0.497 e. The van der Waals surface area contributed by atoms with Crippen LogP contribution >= 0.6 is 0 Å². The fraction of sp³-hybridized carbons (Fsp3) is 0.650. The molecule has 2 aliphatic rings. The van der Waals surface area contributed by atoms with E-state index in [1.54, 1.807) is 7.11 Å². The van der Waals surface area contributed by atoms with E-state index in [2.05, 4.69) is 22.3 Å². The third kappa shape index (κ3) is 4.59. The third-order valence-electron chi connectivity index (χ3n) is 5.69. The van der Waals surface area contributed by atoms with E-state index in [0.29, 0.717) is 12.0 Å². The number of nitrogens with zero attached hydrogens (tertiary/aromatic N) is 2. The molecule has 1 aliphatic carbocycles. The van der Waals surface area contributed by atoms with Crippen LogP contribution in [0.2, 0.25) is 0 Å². The largest absolute Gasteiger partial charge is 0.497 e. The lowest BCUT2D eigenvalue weighted by molar-refractivity contribution is 0.172. The quantitative estimate of drug-likeness (QED) is 0.888. The van der Waals surface area contributed by atoms with Crippen LogP contribution in [0.5, 0.6) is 5.75 Å². The van der Waals surface area contributed by atoms with Crippen molar-refractivity contribution in [1.29, 1.82) is 0 Å². The first-order chi connectivity index (χ1) is 12.2. The van der Waals surface area contributed by atoms with Gasteiger partial charge < -0.3 is 19.9 Å². The van der Waals surface area contributed by atoms with Crippen LogP contribution in [-0.4, -0.2) is 50.8 Å². The Hall–Kier alpha value is -1.91. The molecule has 0 radical (unpaired) electrons. The molecular formula is C20H31N3O2. The van der Waals surface area contributed by atoms with Gasteiger partial charge in [0.05, 0.1) is 7.11 Å². The predicted molar refractivity (Wildman–Crippen MR) is 101 cm³/mol. The highest BCUT2D eigenvalue weighted by Gasteiger charge is 2.25. The summed E-state index contributed by atoms with van der Waals surface area (Å²) in [6.07, 6.45) is 7.23. The van der Waals surface area contributed by atoms with Gasteiger partial charge in [0.15, 0.2) is 0 Å². The van der Waals surface area contributed by atoms with E-state index in [1.165, 1.54) is 24.9 Å². The summed E-state index contributed by atoms with van der Waals surface area (Å²) in [5, 5.41) is 3.15. The van der Waals surface area contributed by atoms with Gasteiger partial charge in [0.2, 0.25) is 0 Å². The molecule has 2 amide bonds. The van der Waals surface area contributed by atoms with Crippen LogP contribution in [0.3, 0.4) is 0 Å². The highest BCUT2D eigenvalue weighted by atomic mass is 16.5. The molecule has 1 aliphatic heterocycles. The van der Waals surface area contributed by atoms with Crippen LogP contribution < -0.4 is 15.0 Å². The Balaban J connectivity index is 1.45. The lowest BCUT2D eigenvalue weighted by Crippen LogP contribution is -2.45. The second-order valence-corrected chi connectivity index (χ2v) is 7.39. The van der Waals surface area contributed by atoms with E-state index in [-0.39, 0.29) is 6.03 Å². The van der Waals surface area contributed by atoms with Gasteiger partial charge >= 0.3 is 6.03 Å². The summed E-state index contributed by atoms with van der Waals surface area (Å²) in [6, 6.07) is 8.72. The van der Waals surface area contributed by atoms with Crippen LogP contribution in [0.4, 0.5) is 10.5 Å². The molecule has 1 aromatic carbocycles. The number of amides is 2. The Bertz CT molecular complexity index is 572. The number of anilines is 1. The summed E-state index contributed by atoms with van der Waals surface area (Å²) in [4.78, 5) is 16.7. The number of carbonyl (C=O) groups is 1. The summed E-state index contributed by atoms with van der Waals surface area (Å²) in [5.74, 6) is 1.40. The molecule has 0 aromatic heterocycles. The Labute approximate surface area is 151 Å². The maximum Gasteiger partial charge on any atom is 0.317 e. The van der Waals surface area contributed by atoms with Gasteiger partial charge in [-0.2, -0.15) is 0 Å². The number of ether oxygens (including phenoxy) is 1. The molecule has 0 bridgehead atoms. The van der Waals surface area contributed by atoms with Crippen molar-refractivity contribution in [2.75, 3.05) is 38.7 Å². The maximum atomic E-state index is 12.4. The molecule has 1 atom stereocenters. The molecule has 5 heteroatoms. The topological polar surface area (TPSA) is 44.8 Å². The standard InChI is InChI=1S/C20H31N3O2/c1-22(17-7-4-3-5-8-17)20(24)21-14-16-11-12-23(15-16)18-9-6-10-19(13-18)25-2/h6,9-10,13,16-17H,3-5,7-8,11-12,14-15H2,1-2H3,(H,21,24). The van der Waals surface area contributed by atoms with E-state index in [9.17, 15) is 4.79 Å². The smallest absolute Gasteiger partial charge is 0.317 e. The Morgan fingerprint density at radius 3 is 2.84 bits per heavy atom. The summed E-state index contributed by atoms with van der Waals surface area (Å²) in [7, 11) is 3.65. The van der Waals surface area contributed by atoms with Crippen LogP contribution in [-0.2, 0) is 0 Å². The average molecular weight is 345 g/mol. The van der Waals surface area contributed by atoms with Crippen molar-refractivity contribution in [3.8, 4) is 5.75 Å². The molecule has 1 unspecified atom stereocenters. The van der Waals surface area contributed by atoms with Gasteiger partial charge in [0.1, 0.15) is 5.75 Å². The monoisotopic (exact) mass is 345 g/mol. The molecule has 5 nitrogen and oxygen atoms in total. The van der Waals surface area contributed by atoms with Crippen LogP contribution in [0.1, 0.15) is 38.5 Å². The highest BCUT2D eigenvalue weighted by molar-refractivity contribution is 5.74. The molecule has 1 heterocycles. The van der Waals surface area contributed by atoms with Gasteiger partial charge in [0, 0.05) is 44.5 Å². The fourth-order valence-electron chi connectivity index (χ4n) is 4.03. The molecule has 25 heavy (non-hydrogen) atoms. The van der Waals surface area contributed by atoms with Crippen molar-refractivity contribution in [3.05, 3.63) is 24.3 Å². The van der Waals surface area contributed by atoms with Crippen molar-refractivity contribution < 1.29 is 9.53 Å². The predicted octanol–water partition coefficient (Wildman–Crippen LogP) is 3.50. The number of nitrogens with one attached hydrogen (secondary N) is 1. The SMILES string of the molecule is COc1cccc(N2CCC(CNC(=O)N(C)C3CCCCC3)C2)c1. The lowest BCUT2D eigenvalue weighted by Gasteiger charge is -2.31. The van der Waals surface area contributed by atoms with Gasteiger partial charge in [-0.05, 0) is 37.3 Å². The minimum absolute atomic E-state index is 0.0896. The second-order valence-electron chi connectivity index (χ2n) is 7.39. The van der Waals surface area contributed by atoms with Crippen molar-refractivity contribution in [3.63, 3.8) is 0 Å². The first-order valence-corrected chi connectivity index (χ1v) is 9.57. The molecule has 138 valence electrons. The molecular weight excluding hydrogens is 314 g/mol. The van der Waals surface area contributed by atoms with Crippen LogP contribution in [0, 0.1) is 5.92 Å². The van der Waals surface area contributed by atoms with E-state index >= 15 is 0 Å². The number of hydrogen-bond donors (Lipinski definition) is 1. The van der Waals surface area contributed by atoms with Gasteiger partial charge in [-0.3, -0.25) is 0 Å². The van der Waals surface area contributed by atoms with Crippen molar-refractivity contribution in [1.82, 2.24) is 10.2 Å².